The Labute approximate surface area is 157 Å². The summed E-state index contributed by atoms with van der Waals surface area (Å²) in [4.78, 5) is 3.86. The summed E-state index contributed by atoms with van der Waals surface area (Å²) in [6.07, 6.45) is 3.08. The van der Waals surface area contributed by atoms with Crippen LogP contribution in [0.4, 0.5) is 4.39 Å². The number of halogens is 2. The Morgan fingerprint density at radius 2 is 1.76 bits per heavy atom. The second-order valence-corrected chi connectivity index (χ2v) is 7.38. The molecule has 1 atom stereocenters. The van der Waals surface area contributed by atoms with Crippen molar-refractivity contribution in [3.8, 4) is 0 Å². The van der Waals surface area contributed by atoms with Crippen LogP contribution < -0.4 is 0 Å². The van der Waals surface area contributed by atoms with Gasteiger partial charge in [-0.25, -0.2) is 4.98 Å². The van der Waals surface area contributed by atoms with Gasteiger partial charge in [0.15, 0.2) is 0 Å². The standard InChI is InChI=1S/C22H21BrFN/c1-15-13-18(22(24)25-14-15)9-12-21(17-7-10-19(23)11-8-17)20-6-4-3-5-16(20)2/h3-8,10-11,13-14,21H,9,12H2,1-2H3. The molecule has 25 heavy (non-hydrogen) atoms. The van der Waals surface area contributed by atoms with Crippen LogP contribution in [0.15, 0.2) is 65.3 Å². The van der Waals surface area contributed by atoms with E-state index in [0.29, 0.717) is 12.0 Å². The normalized spacial score (nSPS) is 12.2. The Bertz CT molecular complexity index is 858. The van der Waals surface area contributed by atoms with E-state index in [1.165, 1.54) is 16.7 Å². The van der Waals surface area contributed by atoms with Crippen LogP contribution in [0.2, 0.25) is 0 Å². The monoisotopic (exact) mass is 397 g/mol. The molecule has 0 aliphatic heterocycles. The van der Waals surface area contributed by atoms with E-state index in [1.807, 2.05) is 13.0 Å². The molecule has 3 aromatic rings. The smallest absolute Gasteiger partial charge is 0.216 e. The topological polar surface area (TPSA) is 12.9 Å². The van der Waals surface area contributed by atoms with Gasteiger partial charge in [-0.1, -0.05) is 58.4 Å². The molecule has 0 fully saturated rings. The Morgan fingerprint density at radius 1 is 1.04 bits per heavy atom. The molecule has 0 saturated heterocycles. The zero-order valence-corrected chi connectivity index (χ0v) is 16.1. The Balaban J connectivity index is 1.93. The van der Waals surface area contributed by atoms with Crippen LogP contribution in [-0.2, 0) is 6.42 Å². The maximum Gasteiger partial charge on any atom is 0.216 e. The minimum Gasteiger partial charge on any atom is -0.228 e. The molecular weight excluding hydrogens is 377 g/mol. The van der Waals surface area contributed by atoms with Crippen LogP contribution in [0.3, 0.4) is 0 Å². The lowest BCUT2D eigenvalue weighted by Crippen LogP contribution is -2.06. The zero-order valence-electron chi connectivity index (χ0n) is 14.5. The van der Waals surface area contributed by atoms with Crippen molar-refractivity contribution in [2.24, 2.45) is 0 Å². The van der Waals surface area contributed by atoms with Gasteiger partial charge in [0.25, 0.3) is 0 Å². The van der Waals surface area contributed by atoms with E-state index < -0.39 is 0 Å². The molecule has 0 aliphatic rings. The molecule has 0 amide bonds. The van der Waals surface area contributed by atoms with Crippen LogP contribution in [-0.4, -0.2) is 4.98 Å². The second-order valence-electron chi connectivity index (χ2n) is 6.46. The van der Waals surface area contributed by atoms with Gasteiger partial charge in [-0.3, -0.25) is 0 Å². The highest BCUT2D eigenvalue weighted by atomic mass is 79.9. The SMILES string of the molecule is Cc1cnc(F)c(CCC(c2ccc(Br)cc2)c2ccccc2C)c1. The molecule has 0 radical (unpaired) electrons. The van der Waals surface area contributed by atoms with E-state index in [-0.39, 0.29) is 11.9 Å². The Kier molecular flexibility index (Phi) is 5.64. The van der Waals surface area contributed by atoms with Crippen molar-refractivity contribution >= 4 is 15.9 Å². The number of hydrogen-bond donors (Lipinski definition) is 0. The average Bonchev–Trinajstić information content (AvgIpc) is 2.61. The van der Waals surface area contributed by atoms with E-state index in [0.717, 1.165) is 16.5 Å². The van der Waals surface area contributed by atoms with Gasteiger partial charge >= 0.3 is 0 Å². The summed E-state index contributed by atoms with van der Waals surface area (Å²) >= 11 is 3.50. The van der Waals surface area contributed by atoms with Gasteiger partial charge in [-0.15, -0.1) is 0 Å². The summed E-state index contributed by atoms with van der Waals surface area (Å²) in [5.41, 5.74) is 5.49. The lowest BCUT2D eigenvalue weighted by Gasteiger charge is -2.20. The highest BCUT2D eigenvalue weighted by molar-refractivity contribution is 9.10. The van der Waals surface area contributed by atoms with Gasteiger partial charge in [0, 0.05) is 22.2 Å². The van der Waals surface area contributed by atoms with Crippen LogP contribution >= 0.6 is 15.9 Å². The van der Waals surface area contributed by atoms with Gasteiger partial charge in [0.2, 0.25) is 5.95 Å². The van der Waals surface area contributed by atoms with Gasteiger partial charge in [-0.2, -0.15) is 4.39 Å². The third-order valence-electron chi connectivity index (χ3n) is 4.59. The van der Waals surface area contributed by atoms with Gasteiger partial charge in [0.1, 0.15) is 0 Å². The molecule has 1 nitrogen and oxygen atoms in total. The first-order valence-corrected chi connectivity index (χ1v) is 9.26. The molecular formula is C22H21BrFN. The van der Waals surface area contributed by atoms with E-state index >= 15 is 0 Å². The Morgan fingerprint density at radius 3 is 2.48 bits per heavy atom. The number of pyridine rings is 1. The van der Waals surface area contributed by atoms with Crippen molar-refractivity contribution in [2.75, 3.05) is 0 Å². The molecule has 1 aromatic heterocycles. The van der Waals surface area contributed by atoms with Crippen LogP contribution in [0.25, 0.3) is 0 Å². The number of aromatic nitrogens is 1. The van der Waals surface area contributed by atoms with E-state index in [9.17, 15) is 4.39 Å². The second kappa shape index (κ2) is 7.92. The van der Waals surface area contributed by atoms with E-state index in [2.05, 4.69) is 76.4 Å². The first-order valence-electron chi connectivity index (χ1n) is 8.46. The van der Waals surface area contributed by atoms with Crippen molar-refractivity contribution in [2.45, 2.75) is 32.6 Å². The molecule has 0 spiro atoms. The van der Waals surface area contributed by atoms with Crippen LogP contribution in [0.1, 0.15) is 40.2 Å². The van der Waals surface area contributed by atoms with Crippen molar-refractivity contribution in [1.29, 1.82) is 0 Å². The molecule has 2 aromatic carbocycles. The van der Waals surface area contributed by atoms with Crippen molar-refractivity contribution in [3.05, 3.63) is 99.0 Å². The van der Waals surface area contributed by atoms with Gasteiger partial charge in [0.05, 0.1) is 0 Å². The predicted molar refractivity (Wildman–Crippen MR) is 104 cm³/mol. The molecule has 0 saturated carbocycles. The van der Waals surface area contributed by atoms with Gasteiger partial charge in [-0.05, 0) is 61.1 Å². The Hall–Kier alpha value is -2.00. The molecule has 0 N–H and O–H groups in total. The van der Waals surface area contributed by atoms with Crippen molar-refractivity contribution in [3.63, 3.8) is 0 Å². The van der Waals surface area contributed by atoms with Gasteiger partial charge < -0.3 is 0 Å². The number of nitrogens with zero attached hydrogens (tertiary/aromatic N) is 1. The summed E-state index contributed by atoms with van der Waals surface area (Å²) in [5.74, 6) is -0.126. The quantitative estimate of drug-likeness (QED) is 0.456. The number of aryl methyl sites for hydroxylation is 3. The molecule has 128 valence electrons. The maximum absolute atomic E-state index is 14.0. The average molecular weight is 398 g/mol. The summed E-state index contributed by atoms with van der Waals surface area (Å²) in [6.45, 7) is 4.08. The zero-order chi connectivity index (χ0) is 17.8. The first kappa shape index (κ1) is 17.8. The van der Waals surface area contributed by atoms with Crippen LogP contribution in [0, 0.1) is 19.8 Å². The fourth-order valence-electron chi connectivity index (χ4n) is 3.26. The molecule has 3 heteroatoms. The highest BCUT2D eigenvalue weighted by Crippen LogP contribution is 2.32. The minimum absolute atomic E-state index is 0.231. The maximum atomic E-state index is 14.0. The molecule has 1 unspecified atom stereocenters. The van der Waals surface area contributed by atoms with E-state index in [4.69, 9.17) is 0 Å². The first-order chi connectivity index (χ1) is 12.0. The van der Waals surface area contributed by atoms with Crippen LogP contribution in [0.5, 0.6) is 0 Å². The van der Waals surface area contributed by atoms with Crippen molar-refractivity contribution < 1.29 is 4.39 Å². The number of benzene rings is 2. The largest absolute Gasteiger partial charge is 0.228 e. The fourth-order valence-corrected chi connectivity index (χ4v) is 3.53. The summed E-state index contributed by atoms with van der Waals surface area (Å²) in [5, 5.41) is 0. The summed E-state index contributed by atoms with van der Waals surface area (Å²) in [7, 11) is 0. The third kappa shape index (κ3) is 4.35. The lowest BCUT2D eigenvalue weighted by molar-refractivity contribution is 0.557. The summed E-state index contributed by atoms with van der Waals surface area (Å²) in [6, 6.07) is 18.8. The lowest BCUT2D eigenvalue weighted by atomic mass is 9.84. The minimum atomic E-state index is -0.357. The third-order valence-corrected chi connectivity index (χ3v) is 5.12. The van der Waals surface area contributed by atoms with Crippen molar-refractivity contribution in [1.82, 2.24) is 4.98 Å². The fraction of sp³-hybridized carbons (Fsp3) is 0.227. The highest BCUT2D eigenvalue weighted by Gasteiger charge is 2.17. The molecule has 0 bridgehead atoms. The summed E-state index contributed by atoms with van der Waals surface area (Å²) < 4.78 is 15.1. The number of hydrogen-bond acceptors (Lipinski definition) is 1. The molecule has 1 heterocycles. The molecule has 3 rings (SSSR count). The number of rotatable bonds is 5. The van der Waals surface area contributed by atoms with E-state index in [1.54, 1.807) is 6.20 Å². The molecule has 0 aliphatic carbocycles. The predicted octanol–water partition coefficient (Wildman–Crippen LogP) is 6.36.